The van der Waals surface area contributed by atoms with E-state index in [2.05, 4.69) is 91.9 Å². The largest absolute Gasteiger partial charge is 0.247 e. The van der Waals surface area contributed by atoms with Gasteiger partial charge in [0.25, 0.3) is 0 Å². The number of pyridine rings is 1. The standard InChI is InChI=1S/C24H17N/c1-16-20-13-11-18-9-5-6-10-21(18)24(20)25-23-14-12-19(15-22(16)23)17-7-3-2-4-8-17/h2-15H,1H3. The van der Waals surface area contributed by atoms with Gasteiger partial charge in [-0.25, -0.2) is 4.98 Å². The fourth-order valence-electron chi connectivity index (χ4n) is 3.69. The highest BCUT2D eigenvalue weighted by atomic mass is 14.7. The van der Waals surface area contributed by atoms with E-state index in [1.165, 1.54) is 38.2 Å². The maximum absolute atomic E-state index is 5.00. The minimum Gasteiger partial charge on any atom is -0.247 e. The van der Waals surface area contributed by atoms with Crippen molar-refractivity contribution in [3.63, 3.8) is 0 Å². The Labute approximate surface area is 146 Å². The van der Waals surface area contributed by atoms with Gasteiger partial charge in [0.05, 0.1) is 11.0 Å². The molecule has 0 radical (unpaired) electrons. The number of aryl methyl sites for hydroxylation is 1. The van der Waals surface area contributed by atoms with E-state index in [0.717, 1.165) is 11.0 Å². The fourth-order valence-corrected chi connectivity index (χ4v) is 3.69. The van der Waals surface area contributed by atoms with E-state index in [0.29, 0.717) is 0 Å². The molecule has 0 unspecified atom stereocenters. The van der Waals surface area contributed by atoms with Crippen LogP contribution in [-0.4, -0.2) is 4.98 Å². The third kappa shape index (κ3) is 2.20. The summed E-state index contributed by atoms with van der Waals surface area (Å²) in [6.07, 6.45) is 0. The molecule has 1 aromatic heterocycles. The van der Waals surface area contributed by atoms with Crippen molar-refractivity contribution in [2.24, 2.45) is 0 Å². The monoisotopic (exact) mass is 319 g/mol. The van der Waals surface area contributed by atoms with Crippen LogP contribution in [0.1, 0.15) is 5.56 Å². The highest BCUT2D eigenvalue weighted by Crippen LogP contribution is 2.32. The van der Waals surface area contributed by atoms with Crippen LogP contribution in [0.25, 0.3) is 43.7 Å². The van der Waals surface area contributed by atoms with Crippen LogP contribution in [0.15, 0.2) is 84.9 Å². The zero-order valence-corrected chi connectivity index (χ0v) is 14.0. The summed E-state index contributed by atoms with van der Waals surface area (Å²) in [6.45, 7) is 2.20. The van der Waals surface area contributed by atoms with Crippen molar-refractivity contribution in [3.05, 3.63) is 90.5 Å². The van der Waals surface area contributed by atoms with E-state index in [1.807, 2.05) is 0 Å². The summed E-state index contributed by atoms with van der Waals surface area (Å²) in [7, 11) is 0. The Kier molecular flexibility index (Phi) is 3.07. The molecular weight excluding hydrogens is 302 g/mol. The first-order valence-corrected chi connectivity index (χ1v) is 8.58. The van der Waals surface area contributed by atoms with E-state index in [4.69, 9.17) is 4.98 Å². The zero-order valence-electron chi connectivity index (χ0n) is 14.0. The van der Waals surface area contributed by atoms with Gasteiger partial charge in [-0.2, -0.15) is 0 Å². The van der Waals surface area contributed by atoms with Crippen LogP contribution >= 0.6 is 0 Å². The maximum Gasteiger partial charge on any atom is 0.0790 e. The van der Waals surface area contributed by atoms with Crippen LogP contribution < -0.4 is 0 Å². The summed E-state index contributed by atoms with van der Waals surface area (Å²) in [5.41, 5.74) is 5.92. The summed E-state index contributed by atoms with van der Waals surface area (Å²) in [6, 6.07) is 30.0. The first-order valence-electron chi connectivity index (χ1n) is 8.58. The number of fused-ring (bicyclic) bond motifs is 4. The van der Waals surface area contributed by atoms with Crippen molar-refractivity contribution >= 4 is 32.6 Å². The van der Waals surface area contributed by atoms with Crippen molar-refractivity contribution < 1.29 is 0 Å². The minimum atomic E-state index is 1.06. The summed E-state index contributed by atoms with van der Waals surface area (Å²) < 4.78 is 0. The topological polar surface area (TPSA) is 12.9 Å². The second kappa shape index (κ2) is 5.42. The Balaban J connectivity index is 1.85. The quantitative estimate of drug-likeness (QED) is 0.253. The number of hydrogen-bond donors (Lipinski definition) is 0. The molecular formula is C24H17N. The molecule has 0 aliphatic carbocycles. The maximum atomic E-state index is 5.00. The summed E-state index contributed by atoms with van der Waals surface area (Å²) in [5, 5.41) is 4.92. The third-order valence-electron chi connectivity index (χ3n) is 5.04. The van der Waals surface area contributed by atoms with Crippen LogP contribution in [0.3, 0.4) is 0 Å². The first kappa shape index (κ1) is 14.2. The van der Waals surface area contributed by atoms with Gasteiger partial charge in [0, 0.05) is 16.2 Å². The van der Waals surface area contributed by atoms with Gasteiger partial charge in [0.1, 0.15) is 0 Å². The molecule has 0 aliphatic rings. The Hall–Kier alpha value is -3.19. The summed E-state index contributed by atoms with van der Waals surface area (Å²) in [4.78, 5) is 5.00. The van der Waals surface area contributed by atoms with Gasteiger partial charge in [0.2, 0.25) is 0 Å². The van der Waals surface area contributed by atoms with Crippen molar-refractivity contribution in [1.29, 1.82) is 0 Å². The zero-order chi connectivity index (χ0) is 16.8. The Morgan fingerprint density at radius 3 is 2.28 bits per heavy atom. The molecule has 25 heavy (non-hydrogen) atoms. The van der Waals surface area contributed by atoms with Crippen LogP contribution in [0.5, 0.6) is 0 Å². The molecule has 5 aromatic rings. The Morgan fingerprint density at radius 1 is 0.600 bits per heavy atom. The Bertz CT molecular complexity index is 1240. The first-order chi connectivity index (χ1) is 12.3. The van der Waals surface area contributed by atoms with Crippen molar-refractivity contribution in [3.8, 4) is 11.1 Å². The molecule has 0 saturated heterocycles. The predicted octanol–water partition coefficient (Wildman–Crippen LogP) is 6.52. The number of hydrogen-bond acceptors (Lipinski definition) is 1. The molecule has 0 amide bonds. The summed E-state index contributed by atoms with van der Waals surface area (Å²) >= 11 is 0. The third-order valence-corrected chi connectivity index (χ3v) is 5.04. The van der Waals surface area contributed by atoms with Gasteiger partial charge in [-0.1, -0.05) is 72.8 Å². The molecule has 0 atom stereocenters. The molecule has 0 bridgehead atoms. The summed E-state index contributed by atoms with van der Waals surface area (Å²) in [5.74, 6) is 0. The van der Waals surface area contributed by atoms with Crippen LogP contribution in [0.4, 0.5) is 0 Å². The molecule has 0 aliphatic heterocycles. The molecule has 5 rings (SSSR count). The number of aromatic nitrogens is 1. The highest BCUT2D eigenvalue weighted by molar-refractivity contribution is 6.10. The van der Waals surface area contributed by atoms with Crippen molar-refractivity contribution in [2.45, 2.75) is 6.92 Å². The van der Waals surface area contributed by atoms with E-state index < -0.39 is 0 Å². The van der Waals surface area contributed by atoms with Gasteiger partial charge in [-0.3, -0.25) is 0 Å². The van der Waals surface area contributed by atoms with Crippen LogP contribution in [-0.2, 0) is 0 Å². The van der Waals surface area contributed by atoms with Crippen LogP contribution in [0.2, 0.25) is 0 Å². The lowest BCUT2D eigenvalue weighted by molar-refractivity contribution is 1.47. The second-order valence-electron chi connectivity index (χ2n) is 6.52. The lowest BCUT2D eigenvalue weighted by Gasteiger charge is -2.11. The lowest BCUT2D eigenvalue weighted by Crippen LogP contribution is -1.90. The van der Waals surface area contributed by atoms with Gasteiger partial charge < -0.3 is 0 Å². The molecule has 0 fully saturated rings. The van der Waals surface area contributed by atoms with E-state index in [9.17, 15) is 0 Å². The lowest BCUT2D eigenvalue weighted by atomic mass is 9.97. The number of benzene rings is 4. The van der Waals surface area contributed by atoms with E-state index in [-0.39, 0.29) is 0 Å². The molecule has 1 heteroatoms. The molecule has 1 nitrogen and oxygen atoms in total. The molecule has 4 aromatic carbocycles. The SMILES string of the molecule is Cc1c2cc(-c3ccccc3)ccc2nc2c1ccc1ccccc12. The molecule has 0 N–H and O–H groups in total. The predicted molar refractivity (Wildman–Crippen MR) is 107 cm³/mol. The second-order valence-corrected chi connectivity index (χ2v) is 6.52. The minimum absolute atomic E-state index is 1.06. The average molecular weight is 319 g/mol. The average Bonchev–Trinajstić information content (AvgIpc) is 2.68. The number of nitrogens with zero attached hydrogens (tertiary/aromatic N) is 1. The number of rotatable bonds is 1. The molecule has 1 heterocycles. The fraction of sp³-hybridized carbons (Fsp3) is 0.0417. The van der Waals surface area contributed by atoms with Gasteiger partial charge in [-0.05, 0) is 41.1 Å². The van der Waals surface area contributed by atoms with Crippen molar-refractivity contribution in [1.82, 2.24) is 4.98 Å². The molecule has 0 saturated carbocycles. The van der Waals surface area contributed by atoms with E-state index >= 15 is 0 Å². The highest BCUT2D eigenvalue weighted by Gasteiger charge is 2.09. The van der Waals surface area contributed by atoms with Gasteiger partial charge in [-0.15, -0.1) is 0 Å². The Morgan fingerprint density at radius 2 is 1.40 bits per heavy atom. The molecule has 0 spiro atoms. The van der Waals surface area contributed by atoms with Crippen LogP contribution in [0, 0.1) is 6.92 Å². The normalized spacial score (nSPS) is 11.4. The molecule has 118 valence electrons. The smallest absolute Gasteiger partial charge is 0.0790 e. The van der Waals surface area contributed by atoms with Gasteiger partial charge >= 0.3 is 0 Å². The van der Waals surface area contributed by atoms with Gasteiger partial charge in [0.15, 0.2) is 0 Å². The van der Waals surface area contributed by atoms with E-state index in [1.54, 1.807) is 0 Å². The van der Waals surface area contributed by atoms with Crippen molar-refractivity contribution in [2.75, 3.05) is 0 Å².